The predicted molar refractivity (Wildman–Crippen MR) is 163 cm³/mol. The molecule has 2 aromatic heterocycles. The van der Waals surface area contributed by atoms with Gasteiger partial charge in [-0.3, -0.25) is 14.2 Å². The molecule has 0 saturated carbocycles. The molecule has 4 N–H and O–H groups in total. The van der Waals surface area contributed by atoms with Crippen LogP contribution >= 0.6 is 35.6 Å². The van der Waals surface area contributed by atoms with Gasteiger partial charge in [-0.25, -0.2) is 9.67 Å². The van der Waals surface area contributed by atoms with Crippen LogP contribution < -0.4 is 21.9 Å². The fourth-order valence-electron chi connectivity index (χ4n) is 4.98. The van der Waals surface area contributed by atoms with Gasteiger partial charge in [-0.2, -0.15) is 0 Å². The number of amides is 1. The standard InChI is InChI=1S/C28H30Cl2N8O2.ClH/c29-19-8-9-25(38-16-26(30)35-36-38)21(14-19)23-15-27(39)37(17-33-23)24-7-2-1-3-12-32-28(40)22(10-11-31)34-20-6-4-5-18(24)13-20;/h4-6,8-9,13-17,22,24,34H,1-3,7,10-12,31H2,(H,32,40);1H/t22-,24+;/m1./s1. The lowest BCUT2D eigenvalue weighted by Crippen LogP contribution is -2.41. The SMILES string of the molecule is Cl.NCC[C@H]1Nc2cccc(c2)[C@@H](n2cnc(-c3cc(Cl)ccc3-n3cc(Cl)nn3)cc2=O)CCCCCNC1=O. The van der Waals surface area contributed by atoms with E-state index in [1.165, 1.54) is 10.7 Å². The first-order chi connectivity index (χ1) is 19.4. The molecule has 1 aliphatic rings. The van der Waals surface area contributed by atoms with E-state index in [0.29, 0.717) is 41.5 Å². The van der Waals surface area contributed by atoms with Crippen LogP contribution in [0, 0.1) is 0 Å². The molecule has 5 rings (SSSR count). The molecular formula is C28H31Cl3N8O2. The molecule has 1 amide bonds. The predicted octanol–water partition coefficient (Wildman–Crippen LogP) is 4.63. The molecule has 10 nitrogen and oxygen atoms in total. The first-order valence-electron chi connectivity index (χ1n) is 13.2. The molecule has 2 aromatic carbocycles. The smallest absolute Gasteiger partial charge is 0.254 e. The maximum atomic E-state index is 13.6. The number of carbonyl (C=O) groups is 1. The number of nitrogens with two attached hydrogens (primary N) is 1. The van der Waals surface area contributed by atoms with Crippen molar-refractivity contribution in [3.05, 3.63) is 87.1 Å². The van der Waals surface area contributed by atoms with Crippen molar-refractivity contribution in [2.45, 2.75) is 44.2 Å². The van der Waals surface area contributed by atoms with Gasteiger partial charge >= 0.3 is 0 Å². The molecule has 0 fully saturated rings. The Hall–Kier alpha value is -3.44. The molecule has 0 aliphatic carbocycles. The van der Waals surface area contributed by atoms with Gasteiger partial charge in [-0.05, 0) is 61.7 Å². The van der Waals surface area contributed by atoms with Crippen molar-refractivity contribution < 1.29 is 4.79 Å². The molecule has 1 aliphatic heterocycles. The second-order valence-corrected chi connectivity index (χ2v) is 10.5. The lowest BCUT2D eigenvalue weighted by atomic mass is 9.99. The summed E-state index contributed by atoms with van der Waals surface area (Å²) in [5.74, 6) is -0.0591. The van der Waals surface area contributed by atoms with Crippen LogP contribution in [0.5, 0.6) is 0 Å². The van der Waals surface area contributed by atoms with Crippen molar-refractivity contribution in [1.82, 2.24) is 29.9 Å². The highest BCUT2D eigenvalue weighted by atomic mass is 35.5. The fourth-order valence-corrected chi connectivity index (χ4v) is 5.28. The van der Waals surface area contributed by atoms with Crippen LogP contribution in [0.4, 0.5) is 5.69 Å². The van der Waals surface area contributed by atoms with Gasteiger partial charge < -0.3 is 16.4 Å². The average molecular weight is 618 g/mol. The van der Waals surface area contributed by atoms with E-state index in [-0.39, 0.29) is 35.1 Å². The maximum absolute atomic E-state index is 13.6. The van der Waals surface area contributed by atoms with Gasteiger partial charge in [0.05, 0.1) is 29.9 Å². The van der Waals surface area contributed by atoms with Crippen LogP contribution in [0.2, 0.25) is 10.2 Å². The van der Waals surface area contributed by atoms with E-state index < -0.39 is 6.04 Å². The Morgan fingerprint density at radius 3 is 2.66 bits per heavy atom. The van der Waals surface area contributed by atoms with Crippen LogP contribution in [0.25, 0.3) is 16.9 Å². The second-order valence-electron chi connectivity index (χ2n) is 9.72. The van der Waals surface area contributed by atoms with E-state index in [9.17, 15) is 9.59 Å². The molecule has 13 heteroatoms. The third kappa shape index (κ3) is 7.26. The monoisotopic (exact) mass is 616 g/mol. The number of rotatable bonds is 5. The van der Waals surface area contributed by atoms with Gasteiger partial charge in [-0.1, -0.05) is 53.4 Å². The Bertz CT molecular complexity index is 1560. The molecule has 0 unspecified atom stereocenters. The highest BCUT2D eigenvalue weighted by Gasteiger charge is 2.21. The average Bonchev–Trinajstić information content (AvgIpc) is 3.38. The van der Waals surface area contributed by atoms with Crippen molar-refractivity contribution in [3.8, 4) is 16.9 Å². The molecule has 2 bridgehead atoms. The Morgan fingerprint density at radius 1 is 1.05 bits per heavy atom. The van der Waals surface area contributed by atoms with Crippen LogP contribution in [0.3, 0.4) is 0 Å². The number of carbonyl (C=O) groups excluding carboxylic acids is 1. The van der Waals surface area contributed by atoms with Crippen molar-refractivity contribution in [1.29, 1.82) is 0 Å². The summed E-state index contributed by atoms with van der Waals surface area (Å²) in [5.41, 5.74) is 9.06. The molecule has 41 heavy (non-hydrogen) atoms. The minimum Gasteiger partial charge on any atom is -0.374 e. The Kier molecular flexibility index (Phi) is 10.4. The quantitative estimate of drug-likeness (QED) is 0.297. The topological polar surface area (TPSA) is 133 Å². The van der Waals surface area contributed by atoms with Gasteiger partial charge in [0.25, 0.3) is 5.56 Å². The summed E-state index contributed by atoms with van der Waals surface area (Å²) in [5, 5.41) is 15.0. The molecule has 0 radical (unpaired) electrons. The molecule has 216 valence electrons. The largest absolute Gasteiger partial charge is 0.374 e. The first kappa shape index (κ1) is 30.5. The molecule has 0 spiro atoms. The molecular weight excluding hydrogens is 587 g/mol. The summed E-state index contributed by atoms with van der Waals surface area (Å²) in [6, 6.07) is 13.9. The van der Waals surface area contributed by atoms with E-state index in [4.69, 9.17) is 28.9 Å². The van der Waals surface area contributed by atoms with Crippen LogP contribution in [-0.4, -0.2) is 49.6 Å². The Labute approximate surface area is 253 Å². The maximum Gasteiger partial charge on any atom is 0.254 e. The minimum atomic E-state index is -0.435. The first-order valence-corrected chi connectivity index (χ1v) is 14.0. The summed E-state index contributed by atoms with van der Waals surface area (Å²) >= 11 is 12.3. The van der Waals surface area contributed by atoms with Gasteiger partial charge in [0, 0.05) is 28.9 Å². The van der Waals surface area contributed by atoms with Crippen molar-refractivity contribution in [2.24, 2.45) is 5.73 Å². The summed E-state index contributed by atoms with van der Waals surface area (Å²) in [6.07, 6.45) is 7.05. The van der Waals surface area contributed by atoms with Crippen LogP contribution in [-0.2, 0) is 4.79 Å². The van der Waals surface area contributed by atoms with E-state index in [1.807, 2.05) is 24.3 Å². The highest BCUT2D eigenvalue weighted by Crippen LogP contribution is 2.30. The molecule has 0 saturated heterocycles. The number of nitrogens with zero attached hydrogens (tertiary/aromatic N) is 5. The zero-order valence-electron chi connectivity index (χ0n) is 22.2. The molecule has 4 aromatic rings. The van der Waals surface area contributed by atoms with Crippen LogP contribution in [0.15, 0.2) is 65.8 Å². The summed E-state index contributed by atoms with van der Waals surface area (Å²) in [4.78, 5) is 31.0. The lowest BCUT2D eigenvalue weighted by Gasteiger charge is -2.22. The molecule has 3 heterocycles. The number of fused-ring (bicyclic) bond motifs is 2. The number of aromatic nitrogens is 5. The zero-order valence-corrected chi connectivity index (χ0v) is 24.5. The number of halogens is 3. The zero-order chi connectivity index (χ0) is 28.1. The summed E-state index contributed by atoms with van der Waals surface area (Å²) in [6.45, 7) is 0.984. The third-order valence-corrected chi connectivity index (χ3v) is 7.36. The third-order valence-electron chi connectivity index (χ3n) is 6.96. The normalized spacial score (nSPS) is 17.7. The lowest BCUT2D eigenvalue weighted by molar-refractivity contribution is -0.121. The van der Waals surface area contributed by atoms with E-state index >= 15 is 0 Å². The number of anilines is 1. The van der Waals surface area contributed by atoms with E-state index in [1.54, 1.807) is 35.3 Å². The minimum absolute atomic E-state index is 0. The highest BCUT2D eigenvalue weighted by molar-refractivity contribution is 6.31. The van der Waals surface area contributed by atoms with Gasteiger partial charge in [0.15, 0.2) is 5.15 Å². The Morgan fingerprint density at radius 2 is 1.90 bits per heavy atom. The second kappa shape index (κ2) is 14.0. The number of hydrogen-bond donors (Lipinski definition) is 3. The molecule has 2 atom stereocenters. The van der Waals surface area contributed by atoms with Crippen molar-refractivity contribution in [3.63, 3.8) is 0 Å². The Balaban J connectivity index is 0.00000387. The summed E-state index contributed by atoms with van der Waals surface area (Å²) < 4.78 is 3.19. The van der Waals surface area contributed by atoms with Gasteiger partial charge in [-0.15, -0.1) is 17.5 Å². The van der Waals surface area contributed by atoms with E-state index in [2.05, 4.69) is 25.9 Å². The number of nitrogens with one attached hydrogen (secondary N) is 2. The fraction of sp³-hybridized carbons (Fsp3) is 0.321. The summed E-state index contributed by atoms with van der Waals surface area (Å²) in [7, 11) is 0. The van der Waals surface area contributed by atoms with Crippen molar-refractivity contribution in [2.75, 3.05) is 18.4 Å². The van der Waals surface area contributed by atoms with Crippen LogP contribution in [0.1, 0.15) is 43.7 Å². The number of hydrogen-bond acceptors (Lipinski definition) is 7. The van der Waals surface area contributed by atoms with Gasteiger partial charge in [0.2, 0.25) is 5.91 Å². The van der Waals surface area contributed by atoms with E-state index in [0.717, 1.165) is 36.9 Å². The van der Waals surface area contributed by atoms with Gasteiger partial charge in [0.1, 0.15) is 6.04 Å². The van der Waals surface area contributed by atoms with Crippen molar-refractivity contribution >= 4 is 47.2 Å². The number of benzene rings is 2.